The van der Waals surface area contributed by atoms with Crippen molar-refractivity contribution in [3.63, 3.8) is 0 Å². The number of halogens is 1. The molecule has 0 aromatic carbocycles. The normalized spacial score (nSPS) is 24.3. The highest BCUT2D eigenvalue weighted by Crippen LogP contribution is 2.23. The molecule has 2 aliphatic heterocycles. The van der Waals surface area contributed by atoms with E-state index in [1.165, 1.54) is 6.42 Å². The van der Waals surface area contributed by atoms with Crippen LogP contribution in [0.2, 0.25) is 0 Å². The van der Waals surface area contributed by atoms with Gasteiger partial charge < -0.3 is 9.64 Å². The van der Waals surface area contributed by atoms with Crippen molar-refractivity contribution in [2.45, 2.75) is 25.3 Å². The van der Waals surface area contributed by atoms with Crippen LogP contribution in [0.1, 0.15) is 17.7 Å². The molecule has 20 heavy (non-hydrogen) atoms. The third kappa shape index (κ3) is 2.92. The first-order chi connectivity index (χ1) is 9.78. The van der Waals surface area contributed by atoms with Crippen LogP contribution in [0.25, 0.3) is 0 Å². The van der Waals surface area contributed by atoms with Crippen LogP contribution in [-0.4, -0.2) is 55.3 Å². The minimum atomic E-state index is 0.537. The fourth-order valence-electron chi connectivity index (χ4n) is 3.08. The maximum absolute atomic E-state index is 5.90. The van der Waals surface area contributed by atoms with Gasteiger partial charge in [0.1, 0.15) is 5.82 Å². The zero-order chi connectivity index (χ0) is 13.9. The Hall–Kier alpha value is -0.840. The molecule has 110 valence electrons. The summed E-state index contributed by atoms with van der Waals surface area (Å²) in [6, 6.07) is 4.85. The molecule has 0 N–H and O–H groups in total. The lowest BCUT2D eigenvalue weighted by molar-refractivity contribution is 0.0209. The molecule has 1 aromatic rings. The zero-order valence-corrected chi connectivity index (χ0v) is 12.8. The Labute approximate surface area is 125 Å². The summed E-state index contributed by atoms with van der Waals surface area (Å²) in [6.07, 6.45) is 1.22. The van der Waals surface area contributed by atoms with Crippen LogP contribution in [0, 0.1) is 6.92 Å². The lowest BCUT2D eigenvalue weighted by atomic mass is 10.2. The first-order valence-corrected chi connectivity index (χ1v) is 7.90. The van der Waals surface area contributed by atoms with Gasteiger partial charge in [-0.3, -0.25) is 4.90 Å². The third-order valence-corrected chi connectivity index (χ3v) is 4.66. The van der Waals surface area contributed by atoms with Gasteiger partial charge >= 0.3 is 0 Å². The molecule has 2 saturated heterocycles. The van der Waals surface area contributed by atoms with E-state index in [1.54, 1.807) is 0 Å². The fraction of sp³-hybridized carbons (Fsp3) is 0.667. The standard InChI is InChI=1S/C15H22ClN3O/c1-12-13(10-16)2-3-15(17-12)19-5-4-14(11-19)18-6-8-20-9-7-18/h2-3,14H,4-11H2,1H3. The van der Waals surface area contributed by atoms with Crippen LogP contribution in [0.4, 0.5) is 5.82 Å². The highest BCUT2D eigenvalue weighted by atomic mass is 35.5. The van der Waals surface area contributed by atoms with Gasteiger partial charge in [0, 0.05) is 43.8 Å². The molecule has 0 amide bonds. The Morgan fingerprint density at radius 3 is 2.80 bits per heavy atom. The van der Waals surface area contributed by atoms with Crippen molar-refractivity contribution in [1.29, 1.82) is 0 Å². The predicted molar refractivity (Wildman–Crippen MR) is 81.5 cm³/mol. The Morgan fingerprint density at radius 2 is 2.10 bits per heavy atom. The van der Waals surface area contributed by atoms with Gasteiger partial charge in [0.15, 0.2) is 0 Å². The number of rotatable bonds is 3. The van der Waals surface area contributed by atoms with E-state index in [2.05, 4.69) is 21.9 Å². The minimum Gasteiger partial charge on any atom is -0.379 e. The Kier molecular flexibility index (Phi) is 4.44. The smallest absolute Gasteiger partial charge is 0.128 e. The van der Waals surface area contributed by atoms with Crippen molar-refractivity contribution in [3.8, 4) is 0 Å². The maximum Gasteiger partial charge on any atom is 0.128 e. The SMILES string of the molecule is Cc1nc(N2CCC(N3CCOCC3)C2)ccc1CCl. The second-order valence-electron chi connectivity index (χ2n) is 5.58. The lowest BCUT2D eigenvalue weighted by Gasteiger charge is -2.32. The van der Waals surface area contributed by atoms with Crippen molar-refractivity contribution in [2.75, 3.05) is 44.3 Å². The van der Waals surface area contributed by atoms with E-state index in [4.69, 9.17) is 21.3 Å². The van der Waals surface area contributed by atoms with E-state index in [1.807, 2.05) is 6.92 Å². The van der Waals surface area contributed by atoms with Gasteiger partial charge in [-0.2, -0.15) is 0 Å². The summed E-state index contributed by atoms with van der Waals surface area (Å²) in [7, 11) is 0. The Balaban J connectivity index is 1.65. The van der Waals surface area contributed by atoms with Gasteiger partial charge in [-0.05, 0) is 25.0 Å². The topological polar surface area (TPSA) is 28.6 Å². The summed E-state index contributed by atoms with van der Waals surface area (Å²) in [4.78, 5) is 9.66. The minimum absolute atomic E-state index is 0.537. The van der Waals surface area contributed by atoms with Crippen molar-refractivity contribution in [1.82, 2.24) is 9.88 Å². The monoisotopic (exact) mass is 295 g/mol. The highest BCUT2D eigenvalue weighted by Gasteiger charge is 2.29. The first-order valence-electron chi connectivity index (χ1n) is 7.37. The molecular formula is C15H22ClN3O. The molecule has 3 heterocycles. The molecule has 1 unspecified atom stereocenters. The lowest BCUT2D eigenvalue weighted by Crippen LogP contribution is -2.44. The van der Waals surface area contributed by atoms with Gasteiger partial charge in [-0.15, -0.1) is 11.6 Å². The van der Waals surface area contributed by atoms with Crippen molar-refractivity contribution in [3.05, 3.63) is 23.4 Å². The molecule has 2 fully saturated rings. The van der Waals surface area contributed by atoms with Crippen LogP contribution >= 0.6 is 11.6 Å². The summed E-state index contributed by atoms with van der Waals surface area (Å²) in [5.41, 5.74) is 2.17. The van der Waals surface area contributed by atoms with Gasteiger partial charge in [-0.25, -0.2) is 4.98 Å². The number of hydrogen-bond acceptors (Lipinski definition) is 4. The fourth-order valence-corrected chi connectivity index (χ4v) is 3.37. The van der Waals surface area contributed by atoms with E-state index >= 15 is 0 Å². The number of anilines is 1. The Bertz CT molecular complexity index is 462. The number of hydrogen-bond donors (Lipinski definition) is 0. The molecule has 0 saturated carbocycles. The van der Waals surface area contributed by atoms with Crippen LogP contribution < -0.4 is 4.90 Å². The van der Waals surface area contributed by atoms with Crippen LogP contribution in [-0.2, 0) is 10.6 Å². The number of nitrogens with zero attached hydrogens (tertiary/aromatic N) is 3. The summed E-state index contributed by atoms with van der Waals surface area (Å²) >= 11 is 5.90. The molecular weight excluding hydrogens is 274 g/mol. The molecule has 4 nitrogen and oxygen atoms in total. The molecule has 0 spiro atoms. The summed E-state index contributed by atoms with van der Waals surface area (Å²) in [5, 5.41) is 0. The van der Waals surface area contributed by atoms with Gasteiger partial charge in [0.25, 0.3) is 0 Å². The average molecular weight is 296 g/mol. The van der Waals surface area contributed by atoms with Gasteiger partial charge in [0.05, 0.1) is 13.2 Å². The second-order valence-corrected chi connectivity index (χ2v) is 5.85. The first kappa shape index (κ1) is 14.1. The third-order valence-electron chi connectivity index (χ3n) is 4.37. The summed E-state index contributed by atoms with van der Waals surface area (Å²) in [5.74, 6) is 1.63. The average Bonchev–Trinajstić information content (AvgIpc) is 2.98. The van der Waals surface area contributed by atoms with E-state index in [9.17, 15) is 0 Å². The molecule has 3 rings (SSSR count). The molecule has 2 aliphatic rings. The van der Waals surface area contributed by atoms with Crippen molar-refractivity contribution in [2.24, 2.45) is 0 Å². The van der Waals surface area contributed by atoms with E-state index < -0.39 is 0 Å². The molecule has 0 bridgehead atoms. The van der Waals surface area contributed by atoms with Gasteiger partial charge in [-0.1, -0.05) is 6.07 Å². The number of alkyl halides is 1. The quantitative estimate of drug-likeness (QED) is 0.798. The zero-order valence-electron chi connectivity index (χ0n) is 12.0. The van der Waals surface area contributed by atoms with Crippen LogP contribution in [0.5, 0.6) is 0 Å². The Morgan fingerprint density at radius 1 is 1.30 bits per heavy atom. The van der Waals surface area contributed by atoms with E-state index in [0.717, 1.165) is 56.5 Å². The van der Waals surface area contributed by atoms with E-state index in [-0.39, 0.29) is 0 Å². The number of aryl methyl sites for hydroxylation is 1. The number of aromatic nitrogens is 1. The molecule has 1 aromatic heterocycles. The molecule has 1 atom stereocenters. The van der Waals surface area contributed by atoms with Crippen LogP contribution in [0.3, 0.4) is 0 Å². The number of morpholine rings is 1. The van der Waals surface area contributed by atoms with Gasteiger partial charge in [0.2, 0.25) is 0 Å². The molecule has 0 radical (unpaired) electrons. The second kappa shape index (κ2) is 6.29. The summed E-state index contributed by atoms with van der Waals surface area (Å²) in [6.45, 7) is 8.08. The number of ether oxygens (including phenoxy) is 1. The molecule has 0 aliphatic carbocycles. The number of pyridine rings is 1. The van der Waals surface area contributed by atoms with Crippen molar-refractivity contribution >= 4 is 17.4 Å². The van der Waals surface area contributed by atoms with E-state index in [0.29, 0.717) is 11.9 Å². The predicted octanol–water partition coefficient (Wildman–Crippen LogP) is 2.04. The maximum atomic E-state index is 5.90. The highest BCUT2D eigenvalue weighted by molar-refractivity contribution is 6.17. The molecule has 5 heteroatoms. The van der Waals surface area contributed by atoms with Crippen LogP contribution in [0.15, 0.2) is 12.1 Å². The summed E-state index contributed by atoms with van der Waals surface area (Å²) < 4.78 is 5.43. The largest absolute Gasteiger partial charge is 0.379 e. The van der Waals surface area contributed by atoms with Crippen molar-refractivity contribution < 1.29 is 4.74 Å².